The van der Waals surface area contributed by atoms with Gasteiger partial charge in [0.2, 0.25) is 5.06 Å². The second-order valence-electron chi connectivity index (χ2n) is 5.71. The van der Waals surface area contributed by atoms with Crippen LogP contribution in [0.4, 0.5) is 5.69 Å². The van der Waals surface area contributed by atoms with Gasteiger partial charge < -0.3 is 19.9 Å². The molecule has 0 bridgehead atoms. The highest BCUT2D eigenvalue weighted by atomic mass is 32.1. The first-order chi connectivity index (χ1) is 13.0. The van der Waals surface area contributed by atoms with E-state index in [1.165, 1.54) is 6.07 Å². The minimum absolute atomic E-state index is 0.0673. The molecule has 1 amide bonds. The first-order valence-corrected chi connectivity index (χ1v) is 8.85. The van der Waals surface area contributed by atoms with E-state index < -0.39 is 5.97 Å². The van der Waals surface area contributed by atoms with Crippen LogP contribution in [0.1, 0.15) is 25.6 Å². The van der Waals surface area contributed by atoms with Gasteiger partial charge in [0, 0.05) is 5.56 Å². The average molecular weight is 383 g/mol. The molecule has 0 aliphatic rings. The van der Waals surface area contributed by atoms with Crippen molar-refractivity contribution in [3.63, 3.8) is 0 Å². The summed E-state index contributed by atoms with van der Waals surface area (Å²) in [5.41, 5.74) is 1.82. The van der Waals surface area contributed by atoms with Crippen molar-refractivity contribution in [3.05, 3.63) is 70.6 Å². The molecule has 2 aromatic carbocycles. The van der Waals surface area contributed by atoms with Gasteiger partial charge in [-0.1, -0.05) is 29.0 Å². The van der Waals surface area contributed by atoms with Crippen molar-refractivity contribution in [2.45, 2.75) is 6.92 Å². The van der Waals surface area contributed by atoms with E-state index in [0.29, 0.717) is 22.7 Å². The lowest BCUT2D eigenvalue weighted by molar-refractivity contribution is 0.0701. The SMILES string of the molecule is COc1ccc(Oc2sc(C(=O)O)cc2NC(=O)c2ccc(C)cc2)cc1. The molecule has 1 aromatic heterocycles. The zero-order valence-electron chi connectivity index (χ0n) is 14.7. The summed E-state index contributed by atoms with van der Waals surface area (Å²) >= 11 is 0.944. The smallest absolute Gasteiger partial charge is 0.346 e. The Hall–Kier alpha value is -3.32. The number of aromatic carboxylic acids is 1. The zero-order valence-corrected chi connectivity index (χ0v) is 15.5. The molecule has 3 rings (SSSR count). The van der Waals surface area contributed by atoms with Crippen LogP contribution in [0.25, 0.3) is 0 Å². The van der Waals surface area contributed by atoms with Crippen LogP contribution in [0.15, 0.2) is 54.6 Å². The van der Waals surface area contributed by atoms with Gasteiger partial charge in [0.05, 0.1) is 12.8 Å². The van der Waals surface area contributed by atoms with E-state index in [1.807, 2.05) is 19.1 Å². The van der Waals surface area contributed by atoms with Crippen molar-refractivity contribution in [2.24, 2.45) is 0 Å². The van der Waals surface area contributed by atoms with E-state index in [9.17, 15) is 14.7 Å². The zero-order chi connectivity index (χ0) is 19.4. The van der Waals surface area contributed by atoms with Crippen molar-refractivity contribution in [2.75, 3.05) is 12.4 Å². The van der Waals surface area contributed by atoms with E-state index >= 15 is 0 Å². The van der Waals surface area contributed by atoms with Crippen LogP contribution >= 0.6 is 11.3 Å². The highest BCUT2D eigenvalue weighted by Crippen LogP contribution is 2.39. The molecule has 0 spiro atoms. The number of ether oxygens (including phenoxy) is 2. The number of amides is 1. The van der Waals surface area contributed by atoms with Crippen molar-refractivity contribution < 1.29 is 24.2 Å². The van der Waals surface area contributed by atoms with E-state index in [2.05, 4.69) is 5.32 Å². The van der Waals surface area contributed by atoms with Gasteiger partial charge in [-0.2, -0.15) is 0 Å². The van der Waals surface area contributed by atoms with E-state index in [4.69, 9.17) is 9.47 Å². The molecule has 1 heterocycles. The molecular formula is C20H17NO5S. The Morgan fingerprint density at radius 2 is 1.63 bits per heavy atom. The monoisotopic (exact) mass is 383 g/mol. The number of hydrogen-bond donors (Lipinski definition) is 2. The summed E-state index contributed by atoms with van der Waals surface area (Å²) in [5.74, 6) is -0.257. The minimum Gasteiger partial charge on any atom is -0.497 e. The van der Waals surface area contributed by atoms with Crippen LogP contribution in [0.2, 0.25) is 0 Å². The predicted octanol–water partition coefficient (Wildman–Crippen LogP) is 4.81. The molecule has 3 aromatic rings. The number of carbonyl (C=O) groups excluding carboxylic acids is 1. The predicted molar refractivity (Wildman–Crippen MR) is 103 cm³/mol. The highest BCUT2D eigenvalue weighted by molar-refractivity contribution is 7.16. The van der Waals surface area contributed by atoms with Crippen LogP contribution in [0.3, 0.4) is 0 Å². The van der Waals surface area contributed by atoms with Crippen LogP contribution in [0, 0.1) is 6.92 Å². The van der Waals surface area contributed by atoms with Gasteiger partial charge in [-0.15, -0.1) is 0 Å². The fourth-order valence-corrected chi connectivity index (χ4v) is 3.11. The van der Waals surface area contributed by atoms with Crippen molar-refractivity contribution in [3.8, 4) is 16.6 Å². The Bertz CT molecular complexity index is 961. The molecule has 0 aliphatic heterocycles. The Morgan fingerprint density at radius 3 is 2.22 bits per heavy atom. The molecule has 2 N–H and O–H groups in total. The highest BCUT2D eigenvalue weighted by Gasteiger charge is 2.18. The van der Waals surface area contributed by atoms with Crippen LogP contribution < -0.4 is 14.8 Å². The molecule has 0 saturated carbocycles. The molecule has 138 valence electrons. The number of nitrogens with one attached hydrogen (secondary N) is 1. The molecule has 7 heteroatoms. The lowest BCUT2D eigenvalue weighted by atomic mass is 10.1. The van der Waals surface area contributed by atoms with Gasteiger partial charge >= 0.3 is 5.97 Å². The topological polar surface area (TPSA) is 84.9 Å². The number of hydrogen-bond acceptors (Lipinski definition) is 5. The normalized spacial score (nSPS) is 10.3. The molecule has 0 fully saturated rings. The summed E-state index contributed by atoms with van der Waals surface area (Å²) in [6.07, 6.45) is 0. The molecule has 27 heavy (non-hydrogen) atoms. The van der Waals surface area contributed by atoms with Crippen molar-refractivity contribution in [1.82, 2.24) is 0 Å². The number of carbonyl (C=O) groups is 2. The van der Waals surface area contributed by atoms with E-state index in [1.54, 1.807) is 43.5 Å². The van der Waals surface area contributed by atoms with Gasteiger partial charge in [-0.25, -0.2) is 4.79 Å². The lowest BCUT2D eigenvalue weighted by Crippen LogP contribution is -2.11. The second-order valence-corrected chi connectivity index (χ2v) is 6.73. The molecule has 0 saturated heterocycles. The molecule has 0 unspecified atom stereocenters. The minimum atomic E-state index is -1.09. The standard InChI is InChI=1S/C20H17NO5S/c1-12-3-5-13(6-4-12)18(22)21-16-11-17(19(23)24)27-20(16)26-15-9-7-14(25-2)8-10-15/h3-11H,1-2H3,(H,21,22)(H,23,24). The van der Waals surface area contributed by atoms with Gasteiger partial charge in [-0.3, -0.25) is 4.79 Å². The van der Waals surface area contributed by atoms with Gasteiger partial charge in [0.15, 0.2) is 0 Å². The fourth-order valence-electron chi connectivity index (χ4n) is 2.29. The fraction of sp³-hybridized carbons (Fsp3) is 0.100. The van der Waals surface area contributed by atoms with Gasteiger partial charge in [0.25, 0.3) is 5.91 Å². The van der Waals surface area contributed by atoms with E-state index in [0.717, 1.165) is 16.9 Å². The Kier molecular flexibility index (Phi) is 5.42. The van der Waals surface area contributed by atoms with Crippen molar-refractivity contribution >= 4 is 28.9 Å². The van der Waals surface area contributed by atoms with Gasteiger partial charge in [-0.05, 0) is 49.4 Å². The Labute approximate surface area is 160 Å². The Morgan fingerprint density at radius 1 is 1.00 bits per heavy atom. The van der Waals surface area contributed by atoms with Crippen LogP contribution in [-0.2, 0) is 0 Å². The number of rotatable bonds is 6. The maximum atomic E-state index is 12.5. The number of thiophene rings is 1. The average Bonchev–Trinajstić information content (AvgIpc) is 3.05. The summed E-state index contributed by atoms with van der Waals surface area (Å²) in [6.45, 7) is 1.93. The third-order valence-corrected chi connectivity index (χ3v) is 4.74. The number of benzene rings is 2. The first kappa shape index (κ1) is 18.5. The van der Waals surface area contributed by atoms with Crippen molar-refractivity contribution in [1.29, 1.82) is 0 Å². The van der Waals surface area contributed by atoms with Crippen LogP contribution in [-0.4, -0.2) is 24.1 Å². The number of anilines is 1. The molecule has 0 aliphatic carbocycles. The first-order valence-electron chi connectivity index (χ1n) is 8.03. The van der Waals surface area contributed by atoms with Gasteiger partial charge in [0.1, 0.15) is 16.4 Å². The maximum Gasteiger partial charge on any atom is 0.346 e. The Balaban J connectivity index is 1.85. The molecular weight excluding hydrogens is 366 g/mol. The van der Waals surface area contributed by atoms with E-state index in [-0.39, 0.29) is 15.8 Å². The number of carboxylic acid groups (broad SMARTS) is 1. The number of methoxy groups -OCH3 is 1. The molecule has 6 nitrogen and oxygen atoms in total. The quantitative estimate of drug-likeness (QED) is 0.638. The largest absolute Gasteiger partial charge is 0.497 e. The summed E-state index contributed by atoms with van der Waals surface area (Å²) in [5, 5.41) is 12.3. The number of carboxylic acids is 1. The third kappa shape index (κ3) is 4.45. The molecule has 0 atom stereocenters. The maximum absolute atomic E-state index is 12.5. The van der Waals surface area contributed by atoms with Crippen LogP contribution in [0.5, 0.6) is 16.6 Å². The second kappa shape index (κ2) is 7.92. The number of aryl methyl sites for hydroxylation is 1. The lowest BCUT2D eigenvalue weighted by Gasteiger charge is -2.09. The molecule has 0 radical (unpaired) electrons. The summed E-state index contributed by atoms with van der Waals surface area (Å²) in [7, 11) is 1.56. The summed E-state index contributed by atoms with van der Waals surface area (Å²) in [4.78, 5) is 23.9. The summed E-state index contributed by atoms with van der Waals surface area (Å²) < 4.78 is 10.9. The summed E-state index contributed by atoms with van der Waals surface area (Å²) in [6, 6.07) is 15.3. The third-order valence-electron chi connectivity index (χ3n) is 3.74.